The second-order valence-electron chi connectivity index (χ2n) is 5.16. The zero-order valence-corrected chi connectivity index (χ0v) is 12.1. The molecule has 1 aromatic carbocycles. The van der Waals surface area contributed by atoms with Gasteiger partial charge in [0.25, 0.3) is 0 Å². The van der Waals surface area contributed by atoms with E-state index in [2.05, 4.69) is 4.98 Å². The van der Waals surface area contributed by atoms with Crippen molar-refractivity contribution < 1.29 is 13.2 Å². The normalized spacial score (nSPS) is 18.0. The van der Waals surface area contributed by atoms with Crippen molar-refractivity contribution in [2.45, 2.75) is 19.3 Å². The third-order valence-electron chi connectivity index (χ3n) is 3.49. The van der Waals surface area contributed by atoms with E-state index in [4.69, 9.17) is 4.42 Å². The molecule has 0 bridgehead atoms. The largest absolute Gasteiger partial charge is 0.441 e. The Morgan fingerprint density at radius 1 is 1.18 bits per heavy atom. The van der Waals surface area contributed by atoms with Crippen molar-refractivity contribution in [1.29, 1.82) is 0 Å². The summed E-state index contributed by atoms with van der Waals surface area (Å²) in [5, 5.41) is 0. The fourth-order valence-electron chi connectivity index (χ4n) is 2.39. The number of hydrogen-bond acceptors (Lipinski definition) is 2. The van der Waals surface area contributed by atoms with Crippen molar-refractivity contribution in [3.8, 4) is 0 Å². The van der Waals surface area contributed by atoms with Gasteiger partial charge in [0.05, 0.1) is 5.69 Å². The molecule has 22 heavy (non-hydrogen) atoms. The van der Waals surface area contributed by atoms with Crippen molar-refractivity contribution in [3.63, 3.8) is 0 Å². The van der Waals surface area contributed by atoms with E-state index in [0.29, 0.717) is 18.1 Å². The predicted octanol–water partition coefficient (Wildman–Crippen LogP) is 5.19. The van der Waals surface area contributed by atoms with E-state index in [1.807, 2.05) is 12.2 Å². The number of benzene rings is 1. The lowest BCUT2D eigenvalue weighted by Crippen LogP contribution is -2.00. The monoisotopic (exact) mass is 299 g/mol. The van der Waals surface area contributed by atoms with Crippen LogP contribution in [0.3, 0.4) is 0 Å². The van der Waals surface area contributed by atoms with Gasteiger partial charge in [-0.1, -0.05) is 24.3 Å². The van der Waals surface area contributed by atoms with Crippen LogP contribution >= 0.6 is 0 Å². The number of oxazole rings is 1. The highest BCUT2D eigenvalue weighted by Crippen LogP contribution is 2.30. The van der Waals surface area contributed by atoms with E-state index in [1.165, 1.54) is 18.2 Å². The van der Waals surface area contributed by atoms with Crippen LogP contribution in [0.4, 0.5) is 8.78 Å². The Kier molecular flexibility index (Phi) is 4.00. The van der Waals surface area contributed by atoms with Crippen LogP contribution in [0.1, 0.15) is 35.2 Å². The van der Waals surface area contributed by atoms with Crippen LogP contribution in [0.5, 0.6) is 0 Å². The van der Waals surface area contributed by atoms with E-state index in [0.717, 1.165) is 11.3 Å². The van der Waals surface area contributed by atoms with Gasteiger partial charge in [0.15, 0.2) is 11.7 Å². The summed E-state index contributed by atoms with van der Waals surface area (Å²) in [5.41, 5.74) is 1.65. The van der Waals surface area contributed by atoms with Gasteiger partial charge in [-0.05, 0) is 42.3 Å². The second kappa shape index (κ2) is 6.10. The first-order valence-corrected chi connectivity index (χ1v) is 7.06. The summed E-state index contributed by atoms with van der Waals surface area (Å²) >= 11 is 0. The molecule has 0 spiro atoms. The van der Waals surface area contributed by atoms with E-state index in [1.54, 1.807) is 31.2 Å². The smallest absolute Gasteiger partial charge is 0.192 e. The zero-order valence-electron chi connectivity index (χ0n) is 12.1. The number of nitrogens with zero attached hydrogens (tertiary/aromatic N) is 1. The van der Waals surface area contributed by atoms with Crippen LogP contribution < -0.4 is 0 Å². The van der Waals surface area contributed by atoms with E-state index in [-0.39, 0.29) is 17.6 Å². The van der Waals surface area contributed by atoms with Crippen LogP contribution in [0.2, 0.25) is 0 Å². The van der Waals surface area contributed by atoms with Gasteiger partial charge >= 0.3 is 0 Å². The van der Waals surface area contributed by atoms with Gasteiger partial charge in [0.2, 0.25) is 0 Å². The SMILES string of the molecule is Cc1nc(C2C=CC(F)=CC2)c(/C=C/c2ccc(F)cc2)o1. The molecule has 1 aliphatic carbocycles. The van der Waals surface area contributed by atoms with Crippen molar-refractivity contribution in [2.24, 2.45) is 0 Å². The number of hydrogen-bond donors (Lipinski definition) is 0. The highest BCUT2D eigenvalue weighted by Gasteiger charge is 2.19. The molecule has 3 rings (SSSR count). The summed E-state index contributed by atoms with van der Waals surface area (Å²) in [6.07, 6.45) is 9.00. The molecule has 1 unspecified atom stereocenters. The van der Waals surface area contributed by atoms with Gasteiger partial charge < -0.3 is 4.42 Å². The fourth-order valence-corrected chi connectivity index (χ4v) is 2.39. The lowest BCUT2D eigenvalue weighted by molar-refractivity contribution is 0.511. The van der Waals surface area contributed by atoms with Crippen LogP contribution in [0, 0.1) is 12.7 Å². The van der Waals surface area contributed by atoms with Crippen molar-refractivity contribution in [3.05, 3.63) is 77.0 Å². The lowest BCUT2D eigenvalue weighted by atomic mass is 9.95. The maximum absolute atomic E-state index is 13.1. The van der Waals surface area contributed by atoms with Gasteiger partial charge in [-0.3, -0.25) is 0 Å². The Morgan fingerprint density at radius 2 is 1.95 bits per heavy atom. The summed E-state index contributed by atoms with van der Waals surface area (Å²) in [5.74, 6) is 0.726. The van der Waals surface area contributed by atoms with E-state index in [9.17, 15) is 8.78 Å². The summed E-state index contributed by atoms with van der Waals surface area (Å²) in [6, 6.07) is 6.19. The van der Waals surface area contributed by atoms with Gasteiger partial charge in [0.1, 0.15) is 11.6 Å². The number of allylic oxidation sites excluding steroid dienone is 4. The van der Waals surface area contributed by atoms with Crippen LogP contribution in [0.25, 0.3) is 12.2 Å². The molecule has 0 N–H and O–H groups in total. The van der Waals surface area contributed by atoms with E-state index >= 15 is 0 Å². The molecule has 2 nitrogen and oxygen atoms in total. The topological polar surface area (TPSA) is 26.0 Å². The summed E-state index contributed by atoms with van der Waals surface area (Å²) in [7, 11) is 0. The molecule has 0 saturated heterocycles. The molecule has 2 aromatic rings. The quantitative estimate of drug-likeness (QED) is 0.779. The third kappa shape index (κ3) is 3.22. The minimum Gasteiger partial charge on any atom is -0.441 e. The molecule has 0 saturated carbocycles. The molecule has 1 atom stereocenters. The maximum atomic E-state index is 13.1. The van der Waals surface area contributed by atoms with Crippen LogP contribution in [-0.4, -0.2) is 4.98 Å². The molecule has 4 heteroatoms. The molecular formula is C18H15F2NO. The third-order valence-corrected chi connectivity index (χ3v) is 3.49. The molecule has 1 heterocycles. The van der Waals surface area contributed by atoms with E-state index < -0.39 is 0 Å². The average Bonchev–Trinajstić information content (AvgIpc) is 2.88. The zero-order chi connectivity index (χ0) is 15.5. The first kappa shape index (κ1) is 14.4. The van der Waals surface area contributed by atoms with Gasteiger partial charge in [-0.2, -0.15) is 0 Å². The van der Waals surface area contributed by atoms with Gasteiger partial charge in [0, 0.05) is 12.8 Å². The fraction of sp³-hybridized carbons (Fsp3) is 0.167. The highest BCUT2D eigenvalue weighted by molar-refractivity contribution is 5.68. The summed E-state index contributed by atoms with van der Waals surface area (Å²) < 4.78 is 31.6. The molecule has 112 valence electrons. The number of halogens is 2. The minimum absolute atomic E-state index is 0.00446. The highest BCUT2D eigenvalue weighted by atomic mass is 19.1. The Labute approximate surface area is 127 Å². The minimum atomic E-state index is -0.269. The lowest BCUT2D eigenvalue weighted by Gasteiger charge is -2.11. The van der Waals surface area contributed by atoms with Crippen LogP contribution in [0.15, 0.2) is 52.7 Å². The molecule has 0 radical (unpaired) electrons. The number of aromatic nitrogens is 1. The van der Waals surface area contributed by atoms with Crippen molar-refractivity contribution in [2.75, 3.05) is 0 Å². The molecular weight excluding hydrogens is 284 g/mol. The first-order valence-electron chi connectivity index (χ1n) is 7.06. The van der Waals surface area contributed by atoms with Crippen LogP contribution in [-0.2, 0) is 0 Å². The Hall–Kier alpha value is -2.49. The average molecular weight is 299 g/mol. The first-order chi connectivity index (χ1) is 10.6. The molecule has 1 aromatic heterocycles. The molecule has 0 amide bonds. The molecule has 0 aliphatic heterocycles. The number of rotatable bonds is 3. The Balaban J connectivity index is 1.85. The second-order valence-corrected chi connectivity index (χ2v) is 5.16. The van der Waals surface area contributed by atoms with Crippen molar-refractivity contribution in [1.82, 2.24) is 4.98 Å². The standard InChI is InChI=1S/C18H15F2NO/c1-12-21-18(14-5-9-16(20)10-6-14)17(22-12)11-4-13-2-7-15(19)8-3-13/h2-5,7-11,14H,6H2,1H3/b11-4+. The van der Waals surface area contributed by atoms with Crippen molar-refractivity contribution >= 4 is 12.2 Å². The summed E-state index contributed by atoms with van der Waals surface area (Å²) in [6.45, 7) is 1.78. The molecule has 1 aliphatic rings. The Morgan fingerprint density at radius 3 is 2.64 bits per heavy atom. The predicted molar refractivity (Wildman–Crippen MR) is 82.3 cm³/mol. The maximum Gasteiger partial charge on any atom is 0.192 e. The Bertz CT molecular complexity index is 754. The number of aryl methyl sites for hydroxylation is 1. The molecule has 0 fully saturated rings. The summed E-state index contributed by atoms with van der Waals surface area (Å²) in [4.78, 5) is 4.40. The van der Waals surface area contributed by atoms with Gasteiger partial charge in [-0.15, -0.1) is 0 Å². The van der Waals surface area contributed by atoms with Gasteiger partial charge in [-0.25, -0.2) is 13.8 Å².